The van der Waals surface area contributed by atoms with Gasteiger partial charge in [-0.25, -0.2) is 4.39 Å². The molecule has 0 radical (unpaired) electrons. The van der Waals surface area contributed by atoms with Crippen LogP contribution in [0.4, 0.5) is 15.8 Å². The van der Waals surface area contributed by atoms with E-state index in [9.17, 15) is 9.18 Å². The van der Waals surface area contributed by atoms with Gasteiger partial charge in [0.1, 0.15) is 17.3 Å². The molecular formula is C16H17FN2O2. The zero-order valence-electron chi connectivity index (χ0n) is 12.0. The molecule has 2 heterocycles. The van der Waals surface area contributed by atoms with E-state index in [1.54, 1.807) is 6.07 Å². The van der Waals surface area contributed by atoms with Gasteiger partial charge in [-0.3, -0.25) is 4.79 Å². The van der Waals surface area contributed by atoms with Crippen LogP contribution in [-0.4, -0.2) is 5.91 Å². The first-order chi connectivity index (χ1) is 10.0. The largest absolute Gasteiger partial charge is 0.464 e. The Morgan fingerprint density at radius 2 is 2.14 bits per heavy atom. The first-order valence-corrected chi connectivity index (χ1v) is 6.98. The Kier molecular flexibility index (Phi) is 3.41. The molecule has 1 aliphatic rings. The fraction of sp³-hybridized carbons (Fsp3) is 0.312. The van der Waals surface area contributed by atoms with Gasteiger partial charge in [0.05, 0.1) is 11.7 Å². The van der Waals surface area contributed by atoms with E-state index in [-0.39, 0.29) is 17.8 Å². The minimum Gasteiger partial charge on any atom is -0.464 e. The summed E-state index contributed by atoms with van der Waals surface area (Å²) < 4.78 is 19.7. The maximum absolute atomic E-state index is 14.2. The zero-order chi connectivity index (χ0) is 15.0. The van der Waals surface area contributed by atoms with Crippen molar-refractivity contribution in [1.29, 1.82) is 0 Å². The minimum absolute atomic E-state index is 0.0326. The van der Waals surface area contributed by atoms with E-state index in [4.69, 9.17) is 4.42 Å². The van der Waals surface area contributed by atoms with Crippen molar-refractivity contribution in [1.82, 2.24) is 0 Å². The second-order valence-corrected chi connectivity index (χ2v) is 5.35. The molecule has 0 aliphatic carbocycles. The molecule has 3 rings (SSSR count). The number of anilines is 2. The van der Waals surface area contributed by atoms with Gasteiger partial charge in [0, 0.05) is 12.1 Å². The molecule has 5 heteroatoms. The first kappa shape index (κ1) is 13.7. The molecule has 1 unspecified atom stereocenters. The molecule has 21 heavy (non-hydrogen) atoms. The Balaban J connectivity index is 1.85. The summed E-state index contributed by atoms with van der Waals surface area (Å²) in [5, 5.41) is 5.86. The molecule has 1 atom stereocenters. The van der Waals surface area contributed by atoms with Crippen LogP contribution in [0.15, 0.2) is 28.7 Å². The van der Waals surface area contributed by atoms with Crippen molar-refractivity contribution in [2.24, 2.45) is 0 Å². The average Bonchev–Trinajstić information content (AvgIpc) is 2.87. The Morgan fingerprint density at radius 1 is 1.33 bits per heavy atom. The number of carbonyl (C=O) groups is 1. The lowest BCUT2D eigenvalue weighted by atomic mass is 10.0. The van der Waals surface area contributed by atoms with E-state index in [0.717, 1.165) is 17.1 Å². The van der Waals surface area contributed by atoms with E-state index >= 15 is 0 Å². The second-order valence-electron chi connectivity index (χ2n) is 5.35. The van der Waals surface area contributed by atoms with Crippen molar-refractivity contribution in [2.75, 3.05) is 10.6 Å². The van der Waals surface area contributed by atoms with E-state index in [0.29, 0.717) is 24.2 Å². The van der Waals surface area contributed by atoms with Crippen molar-refractivity contribution in [2.45, 2.75) is 32.7 Å². The highest BCUT2D eigenvalue weighted by molar-refractivity contribution is 5.94. The predicted octanol–water partition coefficient (Wildman–Crippen LogP) is 3.78. The summed E-state index contributed by atoms with van der Waals surface area (Å²) in [5.74, 6) is 1.21. The monoisotopic (exact) mass is 288 g/mol. The highest BCUT2D eigenvalue weighted by Gasteiger charge is 2.19. The number of carbonyl (C=O) groups excluding carboxylic acids is 1. The highest BCUT2D eigenvalue weighted by atomic mass is 19.1. The van der Waals surface area contributed by atoms with Crippen LogP contribution in [-0.2, 0) is 11.2 Å². The maximum Gasteiger partial charge on any atom is 0.224 e. The van der Waals surface area contributed by atoms with Gasteiger partial charge in [-0.15, -0.1) is 0 Å². The van der Waals surface area contributed by atoms with Crippen LogP contribution in [0, 0.1) is 12.7 Å². The molecule has 2 N–H and O–H groups in total. The van der Waals surface area contributed by atoms with Crippen LogP contribution in [0.3, 0.4) is 0 Å². The smallest absolute Gasteiger partial charge is 0.224 e. The minimum atomic E-state index is -0.319. The molecule has 4 nitrogen and oxygen atoms in total. The summed E-state index contributed by atoms with van der Waals surface area (Å²) in [7, 11) is 0. The second kappa shape index (κ2) is 5.24. The number of fused-ring (bicyclic) bond motifs is 1. The number of furan rings is 1. The molecular weight excluding hydrogens is 271 g/mol. The van der Waals surface area contributed by atoms with E-state index < -0.39 is 0 Å². The number of rotatable bonds is 3. The molecule has 0 saturated heterocycles. The van der Waals surface area contributed by atoms with Gasteiger partial charge in [-0.2, -0.15) is 0 Å². The lowest BCUT2D eigenvalue weighted by molar-refractivity contribution is -0.116. The summed E-state index contributed by atoms with van der Waals surface area (Å²) in [5.41, 5.74) is 1.87. The number of hydrogen-bond acceptors (Lipinski definition) is 3. The summed E-state index contributed by atoms with van der Waals surface area (Å²) in [4.78, 5) is 11.4. The lowest BCUT2D eigenvalue weighted by Crippen LogP contribution is -2.19. The third-order valence-electron chi connectivity index (χ3n) is 3.65. The van der Waals surface area contributed by atoms with Gasteiger partial charge >= 0.3 is 0 Å². The number of halogens is 1. The summed E-state index contributed by atoms with van der Waals surface area (Å²) in [6, 6.07) is 6.71. The third-order valence-corrected chi connectivity index (χ3v) is 3.65. The molecule has 0 bridgehead atoms. The maximum atomic E-state index is 14.2. The van der Waals surface area contributed by atoms with E-state index in [1.807, 2.05) is 26.0 Å². The van der Waals surface area contributed by atoms with Crippen molar-refractivity contribution in [3.63, 3.8) is 0 Å². The standard InChI is InChI=1S/C16H17FN2O2/c1-9-3-5-15(21-9)10(2)18-14-8-13-11(7-12(14)17)4-6-16(20)19-13/h3,5,7-8,10,18H,4,6H2,1-2H3,(H,19,20). The van der Waals surface area contributed by atoms with E-state index in [2.05, 4.69) is 10.6 Å². The van der Waals surface area contributed by atoms with Crippen LogP contribution in [0.2, 0.25) is 0 Å². The van der Waals surface area contributed by atoms with E-state index in [1.165, 1.54) is 6.07 Å². The normalized spacial score (nSPS) is 15.3. The molecule has 1 aromatic heterocycles. The molecule has 110 valence electrons. The van der Waals surface area contributed by atoms with Crippen LogP contribution in [0.5, 0.6) is 0 Å². The Bertz CT molecular complexity index is 694. The molecule has 0 saturated carbocycles. The van der Waals surface area contributed by atoms with Gasteiger partial charge in [0.25, 0.3) is 0 Å². The summed E-state index contributed by atoms with van der Waals surface area (Å²) in [6.07, 6.45) is 0.979. The third kappa shape index (κ3) is 2.77. The average molecular weight is 288 g/mol. The topological polar surface area (TPSA) is 54.3 Å². The van der Waals surface area contributed by atoms with Crippen LogP contribution >= 0.6 is 0 Å². The first-order valence-electron chi connectivity index (χ1n) is 6.98. The van der Waals surface area contributed by atoms with Gasteiger partial charge in [0.2, 0.25) is 5.91 Å². The lowest BCUT2D eigenvalue weighted by Gasteiger charge is -2.20. The van der Waals surface area contributed by atoms with Crippen molar-refractivity contribution < 1.29 is 13.6 Å². The Hall–Kier alpha value is -2.30. The summed E-state index contributed by atoms with van der Waals surface area (Å²) in [6.45, 7) is 3.76. The molecule has 0 fully saturated rings. The van der Waals surface area contributed by atoms with Gasteiger partial charge < -0.3 is 15.1 Å². The van der Waals surface area contributed by atoms with Crippen molar-refractivity contribution in [3.8, 4) is 0 Å². The number of nitrogens with one attached hydrogen (secondary N) is 2. The highest BCUT2D eigenvalue weighted by Crippen LogP contribution is 2.31. The van der Waals surface area contributed by atoms with Crippen LogP contribution in [0.1, 0.15) is 36.5 Å². The molecule has 1 aliphatic heterocycles. The quantitative estimate of drug-likeness (QED) is 0.903. The fourth-order valence-corrected chi connectivity index (χ4v) is 2.50. The molecule has 1 amide bonds. The number of aryl methyl sites for hydroxylation is 2. The summed E-state index contributed by atoms with van der Waals surface area (Å²) >= 11 is 0. The Morgan fingerprint density at radius 3 is 2.86 bits per heavy atom. The number of amides is 1. The van der Waals surface area contributed by atoms with Crippen molar-refractivity contribution in [3.05, 3.63) is 47.2 Å². The molecule has 2 aromatic rings. The van der Waals surface area contributed by atoms with Crippen molar-refractivity contribution >= 4 is 17.3 Å². The van der Waals surface area contributed by atoms with Gasteiger partial charge in [0.15, 0.2) is 0 Å². The SMILES string of the molecule is Cc1ccc(C(C)Nc2cc3c(cc2F)CCC(=O)N3)o1. The number of benzene rings is 1. The zero-order valence-corrected chi connectivity index (χ0v) is 12.0. The number of hydrogen-bond donors (Lipinski definition) is 2. The van der Waals surface area contributed by atoms with Crippen LogP contribution < -0.4 is 10.6 Å². The van der Waals surface area contributed by atoms with Crippen LogP contribution in [0.25, 0.3) is 0 Å². The Labute approximate surface area is 122 Å². The van der Waals surface area contributed by atoms with Gasteiger partial charge in [-0.1, -0.05) is 0 Å². The molecule has 1 aromatic carbocycles. The van der Waals surface area contributed by atoms with Gasteiger partial charge in [-0.05, 0) is 50.1 Å². The fourth-order valence-electron chi connectivity index (χ4n) is 2.50. The predicted molar refractivity (Wildman–Crippen MR) is 78.8 cm³/mol. The molecule has 0 spiro atoms.